The first kappa shape index (κ1) is 13.4. The van der Waals surface area contributed by atoms with E-state index in [1.54, 1.807) is 18.3 Å². The number of nitro groups is 1. The van der Waals surface area contributed by atoms with Gasteiger partial charge in [0.1, 0.15) is 0 Å². The summed E-state index contributed by atoms with van der Waals surface area (Å²) >= 11 is 0. The topological polar surface area (TPSA) is 79.8 Å². The summed E-state index contributed by atoms with van der Waals surface area (Å²) < 4.78 is 13.5. The van der Waals surface area contributed by atoms with Crippen molar-refractivity contribution in [3.8, 4) is 6.07 Å². The summed E-state index contributed by atoms with van der Waals surface area (Å²) in [5, 5.41) is 19.8. The molecule has 0 amide bonds. The maximum absolute atomic E-state index is 13.5. The van der Waals surface area contributed by atoms with Gasteiger partial charge in [-0.05, 0) is 17.7 Å². The molecular formula is C14H8FN3O2. The van der Waals surface area contributed by atoms with Crippen molar-refractivity contribution in [2.45, 2.75) is 0 Å². The first-order chi connectivity index (χ1) is 9.54. The van der Waals surface area contributed by atoms with Gasteiger partial charge in [0.2, 0.25) is 5.82 Å². The Morgan fingerprint density at radius 1 is 1.50 bits per heavy atom. The van der Waals surface area contributed by atoms with Gasteiger partial charge in [-0.3, -0.25) is 15.1 Å². The van der Waals surface area contributed by atoms with E-state index in [2.05, 4.69) is 11.6 Å². The zero-order valence-corrected chi connectivity index (χ0v) is 10.2. The first-order valence-electron chi connectivity index (χ1n) is 5.52. The number of aromatic nitrogens is 1. The lowest BCUT2D eigenvalue weighted by Crippen LogP contribution is -1.98. The molecule has 5 nitrogen and oxygen atoms in total. The second kappa shape index (κ2) is 5.28. The van der Waals surface area contributed by atoms with Crippen molar-refractivity contribution in [1.29, 1.82) is 5.26 Å². The zero-order valence-electron chi connectivity index (χ0n) is 10.2. The van der Waals surface area contributed by atoms with Crippen LogP contribution in [0.4, 0.5) is 10.1 Å². The van der Waals surface area contributed by atoms with Crippen LogP contribution in [0.5, 0.6) is 0 Å². The molecule has 98 valence electrons. The van der Waals surface area contributed by atoms with Crippen LogP contribution in [-0.2, 0) is 0 Å². The molecule has 0 saturated carbocycles. The number of nitrogens with zero attached hydrogens (tertiary/aromatic N) is 3. The number of halogens is 1. The second-order valence-corrected chi connectivity index (χ2v) is 3.94. The Kier molecular flexibility index (Phi) is 3.53. The van der Waals surface area contributed by atoms with Crippen LogP contribution < -0.4 is 0 Å². The summed E-state index contributed by atoms with van der Waals surface area (Å²) in [6, 6.07) is 7.04. The van der Waals surface area contributed by atoms with E-state index in [1.807, 2.05) is 6.07 Å². The number of nitro benzene ring substituents is 1. The molecule has 6 heteroatoms. The molecule has 1 heterocycles. The summed E-state index contributed by atoms with van der Waals surface area (Å²) in [6.07, 6.45) is 3.08. The molecule has 0 spiro atoms. The molecule has 20 heavy (non-hydrogen) atoms. The normalized spacial score (nSPS) is 9.80. The van der Waals surface area contributed by atoms with Crippen LogP contribution in [-0.4, -0.2) is 9.91 Å². The van der Waals surface area contributed by atoms with Gasteiger partial charge in [-0.1, -0.05) is 12.6 Å². The Balaban J connectivity index is 2.62. The number of hydrogen-bond donors (Lipinski definition) is 0. The van der Waals surface area contributed by atoms with Crippen molar-refractivity contribution in [2.24, 2.45) is 0 Å². The minimum atomic E-state index is -1.05. The minimum Gasteiger partial charge on any atom is -0.264 e. The van der Waals surface area contributed by atoms with Gasteiger partial charge in [-0.15, -0.1) is 0 Å². The van der Waals surface area contributed by atoms with E-state index in [0.29, 0.717) is 11.1 Å². The lowest BCUT2D eigenvalue weighted by molar-refractivity contribution is -0.387. The summed E-state index contributed by atoms with van der Waals surface area (Å²) in [5.41, 5.74) is 0.488. The molecule has 1 aromatic carbocycles. The van der Waals surface area contributed by atoms with Crippen LogP contribution in [0.1, 0.15) is 16.7 Å². The van der Waals surface area contributed by atoms with Crippen LogP contribution in [0.3, 0.4) is 0 Å². The molecule has 0 unspecified atom stereocenters. The van der Waals surface area contributed by atoms with E-state index in [9.17, 15) is 14.5 Å². The zero-order chi connectivity index (χ0) is 14.7. The number of pyridine rings is 1. The molecule has 0 bridgehead atoms. The van der Waals surface area contributed by atoms with Crippen LogP contribution >= 0.6 is 0 Å². The Hall–Kier alpha value is -3.07. The Morgan fingerprint density at radius 3 is 2.80 bits per heavy atom. The third-order valence-corrected chi connectivity index (χ3v) is 2.74. The van der Waals surface area contributed by atoms with Crippen molar-refractivity contribution in [3.05, 3.63) is 75.9 Å². The summed E-state index contributed by atoms with van der Waals surface area (Å²) in [6.45, 7) is 3.80. The largest absolute Gasteiger partial charge is 0.305 e. The number of nitriles is 1. The Labute approximate surface area is 113 Å². The average molecular weight is 269 g/mol. The lowest BCUT2D eigenvalue weighted by atomic mass is 9.96. The molecule has 2 aromatic rings. The molecule has 0 aliphatic rings. The van der Waals surface area contributed by atoms with Crippen molar-refractivity contribution >= 4 is 11.3 Å². The molecule has 0 radical (unpaired) electrons. The van der Waals surface area contributed by atoms with Gasteiger partial charge in [0, 0.05) is 29.6 Å². The van der Waals surface area contributed by atoms with Gasteiger partial charge in [0.05, 0.1) is 16.6 Å². The Bertz CT molecular complexity index is 736. The van der Waals surface area contributed by atoms with E-state index in [0.717, 1.165) is 12.1 Å². The smallest absolute Gasteiger partial charge is 0.264 e. The predicted molar refractivity (Wildman–Crippen MR) is 70.1 cm³/mol. The summed E-state index contributed by atoms with van der Waals surface area (Å²) in [4.78, 5) is 13.8. The van der Waals surface area contributed by atoms with Crippen molar-refractivity contribution in [3.63, 3.8) is 0 Å². The molecule has 0 fully saturated rings. The molecule has 0 saturated heterocycles. The van der Waals surface area contributed by atoms with Crippen molar-refractivity contribution in [2.75, 3.05) is 0 Å². The van der Waals surface area contributed by atoms with Crippen LogP contribution in [0.15, 0.2) is 43.2 Å². The SMILES string of the molecule is C=C(c1cccnc1)c1cc([N+](=O)[O-])c(F)cc1C#N. The molecule has 0 aliphatic heterocycles. The molecular weight excluding hydrogens is 261 g/mol. The predicted octanol–water partition coefficient (Wildman–Crippen LogP) is 3.06. The monoisotopic (exact) mass is 269 g/mol. The number of rotatable bonds is 3. The highest BCUT2D eigenvalue weighted by Gasteiger charge is 2.20. The fourth-order valence-electron chi connectivity index (χ4n) is 1.74. The molecule has 1 aromatic heterocycles. The van der Waals surface area contributed by atoms with Crippen molar-refractivity contribution < 1.29 is 9.31 Å². The third-order valence-electron chi connectivity index (χ3n) is 2.74. The Morgan fingerprint density at radius 2 is 2.25 bits per heavy atom. The van der Waals surface area contributed by atoms with Gasteiger partial charge in [0.25, 0.3) is 0 Å². The van der Waals surface area contributed by atoms with Gasteiger partial charge < -0.3 is 0 Å². The van der Waals surface area contributed by atoms with Gasteiger partial charge in [-0.2, -0.15) is 9.65 Å². The third kappa shape index (κ3) is 2.37. The average Bonchev–Trinajstić information content (AvgIpc) is 2.46. The van der Waals surface area contributed by atoms with E-state index in [4.69, 9.17) is 5.26 Å². The maximum atomic E-state index is 13.5. The van der Waals surface area contributed by atoms with Gasteiger partial charge >= 0.3 is 5.69 Å². The molecule has 0 aliphatic carbocycles. The highest BCUT2D eigenvalue weighted by Crippen LogP contribution is 2.29. The van der Waals surface area contributed by atoms with E-state index >= 15 is 0 Å². The quantitative estimate of drug-likeness (QED) is 0.633. The van der Waals surface area contributed by atoms with E-state index < -0.39 is 16.4 Å². The number of benzene rings is 1. The maximum Gasteiger partial charge on any atom is 0.305 e. The molecule has 2 rings (SSSR count). The summed E-state index contributed by atoms with van der Waals surface area (Å²) in [5.74, 6) is -1.05. The highest BCUT2D eigenvalue weighted by molar-refractivity contribution is 5.81. The van der Waals surface area contributed by atoms with Crippen LogP contribution in [0, 0.1) is 27.3 Å². The van der Waals surface area contributed by atoms with Crippen LogP contribution in [0.2, 0.25) is 0 Å². The van der Waals surface area contributed by atoms with Gasteiger partial charge in [0.15, 0.2) is 0 Å². The number of hydrogen-bond acceptors (Lipinski definition) is 4. The van der Waals surface area contributed by atoms with E-state index in [1.165, 1.54) is 6.20 Å². The lowest BCUT2D eigenvalue weighted by Gasteiger charge is -2.08. The standard InChI is InChI=1S/C14H8FN3O2/c1-9(10-3-2-4-17-8-10)12-6-14(18(19)20)13(15)5-11(12)7-16/h2-6,8H,1H2. The molecule has 0 N–H and O–H groups in total. The minimum absolute atomic E-state index is 0.0121. The second-order valence-electron chi connectivity index (χ2n) is 3.94. The van der Waals surface area contributed by atoms with Crippen molar-refractivity contribution in [1.82, 2.24) is 4.98 Å². The first-order valence-corrected chi connectivity index (χ1v) is 5.52. The fraction of sp³-hybridized carbons (Fsp3) is 0. The highest BCUT2D eigenvalue weighted by atomic mass is 19.1. The van der Waals surface area contributed by atoms with E-state index in [-0.39, 0.29) is 11.1 Å². The fourth-order valence-corrected chi connectivity index (χ4v) is 1.74. The summed E-state index contributed by atoms with van der Waals surface area (Å²) in [7, 11) is 0. The van der Waals surface area contributed by atoms with Crippen LogP contribution in [0.25, 0.3) is 5.57 Å². The van der Waals surface area contributed by atoms with Gasteiger partial charge in [-0.25, -0.2) is 0 Å². The molecule has 0 atom stereocenters.